The number of piperidine rings is 1. The average Bonchev–Trinajstić information content (AvgIpc) is 2.68. The SMILES string of the molecule is O=C(Nc1ccc(OC(F)(F)F)cc1)c1ccc(N2CCCCC2)c([N+](=O)[O-])c1. The number of benzene rings is 2. The normalized spacial score (nSPS) is 14.4. The molecule has 1 aliphatic heterocycles. The molecule has 2 aromatic carbocycles. The van der Waals surface area contributed by atoms with Gasteiger partial charge in [0.2, 0.25) is 0 Å². The van der Waals surface area contributed by atoms with E-state index in [-0.39, 0.29) is 16.9 Å². The molecule has 10 heteroatoms. The van der Waals surface area contributed by atoms with Gasteiger partial charge in [-0.15, -0.1) is 13.2 Å². The Bertz CT molecular complexity index is 895. The third kappa shape index (κ3) is 5.37. The molecule has 0 aliphatic carbocycles. The van der Waals surface area contributed by atoms with Crippen molar-refractivity contribution in [3.63, 3.8) is 0 Å². The van der Waals surface area contributed by atoms with E-state index >= 15 is 0 Å². The second-order valence-corrected chi connectivity index (χ2v) is 6.53. The quantitative estimate of drug-likeness (QED) is 0.570. The van der Waals surface area contributed by atoms with Gasteiger partial charge < -0.3 is 15.0 Å². The number of hydrogen-bond donors (Lipinski definition) is 1. The minimum atomic E-state index is -4.81. The first-order valence-electron chi connectivity index (χ1n) is 8.93. The largest absolute Gasteiger partial charge is 0.573 e. The highest BCUT2D eigenvalue weighted by Gasteiger charge is 2.31. The summed E-state index contributed by atoms with van der Waals surface area (Å²) in [6.45, 7) is 1.44. The van der Waals surface area contributed by atoms with E-state index in [2.05, 4.69) is 10.1 Å². The van der Waals surface area contributed by atoms with Gasteiger partial charge in [-0.05, 0) is 55.7 Å². The molecular formula is C19H18F3N3O4. The van der Waals surface area contributed by atoms with Gasteiger partial charge in [-0.1, -0.05) is 0 Å². The van der Waals surface area contributed by atoms with Crippen molar-refractivity contribution in [1.29, 1.82) is 0 Å². The summed E-state index contributed by atoms with van der Waals surface area (Å²) < 4.78 is 40.3. The molecule has 0 saturated carbocycles. The van der Waals surface area contributed by atoms with E-state index in [0.717, 1.165) is 44.5 Å². The molecular weight excluding hydrogens is 391 g/mol. The summed E-state index contributed by atoms with van der Waals surface area (Å²) in [6.07, 6.45) is -1.82. The zero-order valence-electron chi connectivity index (χ0n) is 15.2. The third-order valence-electron chi connectivity index (χ3n) is 4.48. The number of anilines is 2. The van der Waals surface area contributed by atoms with E-state index in [1.54, 1.807) is 6.07 Å². The summed E-state index contributed by atoms with van der Waals surface area (Å²) >= 11 is 0. The highest BCUT2D eigenvalue weighted by atomic mass is 19.4. The molecule has 0 atom stereocenters. The monoisotopic (exact) mass is 409 g/mol. The first-order chi connectivity index (χ1) is 13.7. The molecule has 1 aliphatic rings. The van der Waals surface area contributed by atoms with E-state index < -0.39 is 22.9 Å². The predicted molar refractivity (Wildman–Crippen MR) is 100 cm³/mol. The number of alkyl halides is 3. The fourth-order valence-corrected chi connectivity index (χ4v) is 3.16. The Labute approximate surface area is 164 Å². The van der Waals surface area contributed by atoms with Crippen molar-refractivity contribution in [2.24, 2.45) is 0 Å². The van der Waals surface area contributed by atoms with Gasteiger partial charge in [0.05, 0.1) is 4.92 Å². The molecule has 2 aromatic rings. The average molecular weight is 409 g/mol. The van der Waals surface area contributed by atoms with Crippen molar-refractivity contribution in [2.45, 2.75) is 25.6 Å². The number of nitrogens with zero attached hydrogens (tertiary/aromatic N) is 2. The lowest BCUT2D eigenvalue weighted by Crippen LogP contribution is -2.30. The molecule has 0 unspecified atom stereocenters. The summed E-state index contributed by atoms with van der Waals surface area (Å²) in [7, 11) is 0. The van der Waals surface area contributed by atoms with Crippen molar-refractivity contribution in [1.82, 2.24) is 0 Å². The fourth-order valence-electron chi connectivity index (χ4n) is 3.16. The fraction of sp³-hybridized carbons (Fsp3) is 0.316. The lowest BCUT2D eigenvalue weighted by Gasteiger charge is -2.28. The van der Waals surface area contributed by atoms with Gasteiger partial charge >= 0.3 is 6.36 Å². The first-order valence-corrected chi connectivity index (χ1v) is 8.93. The number of carbonyl (C=O) groups is 1. The second kappa shape index (κ2) is 8.38. The molecule has 0 spiro atoms. The molecule has 7 nitrogen and oxygen atoms in total. The van der Waals surface area contributed by atoms with Crippen molar-refractivity contribution in [2.75, 3.05) is 23.3 Å². The van der Waals surface area contributed by atoms with Crippen LogP contribution in [-0.2, 0) is 0 Å². The maximum absolute atomic E-state index is 12.4. The van der Waals surface area contributed by atoms with Crippen LogP contribution in [0.25, 0.3) is 0 Å². The lowest BCUT2D eigenvalue weighted by molar-refractivity contribution is -0.384. The van der Waals surface area contributed by atoms with Crippen LogP contribution in [-0.4, -0.2) is 30.3 Å². The number of nitrogens with one attached hydrogen (secondary N) is 1. The van der Waals surface area contributed by atoms with Crippen LogP contribution in [0.2, 0.25) is 0 Å². The number of rotatable bonds is 5. The summed E-state index contributed by atoms with van der Waals surface area (Å²) in [5.74, 6) is -1.03. The van der Waals surface area contributed by atoms with Crippen LogP contribution in [0.1, 0.15) is 29.6 Å². The Morgan fingerprint density at radius 3 is 2.31 bits per heavy atom. The van der Waals surface area contributed by atoms with Gasteiger partial charge in [-0.3, -0.25) is 14.9 Å². The number of nitro groups is 1. The highest BCUT2D eigenvalue weighted by molar-refractivity contribution is 6.05. The van der Waals surface area contributed by atoms with Crippen LogP contribution >= 0.6 is 0 Å². The van der Waals surface area contributed by atoms with Crippen molar-refractivity contribution >= 4 is 23.0 Å². The Hall–Kier alpha value is -3.30. The summed E-state index contributed by atoms with van der Waals surface area (Å²) in [5.41, 5.74) is 0.619. The maximum atomic E-state index is 12.4. The number of amides is 1. The minimum Gasteiger partial charge on any atom is -0.406 e. The second-order valence-electron chi connectivity index (χ2n) is 6.53. The van der Waals surface area contributed by atoms with E-state index in [9.17, 15) is 28.1 Å². The molecule has 1 N–H and O–H groups in total. The summed E-state index contributed by atoms with van der Waals surface area (Å²) in [6, 6.07) is 8.87. The van der Waals surface area contributed by atoms with E-state index in [1.807, 2.05) is 4.90 Å². The zero-order chi connectivity index (χ0) is 21.0. The summed E-state index contributed by atoms with van der Waals surface area (Å²) in [4.78, 5) is 25.3. The number of carbonyl (C=O) groups excluding carboxylic acids is 1. The van der Waals surface area contributed by atoms with E-state index in [0.29, 0.717) is 5.69 Å². The topological polar surface area (TPSA) is 84.7 Å². The standard InChI is InChI=1S/C19H18F3N3O4/c20-19(21,22)29-15-7-5-14(6-8-15)23-18(26)13-4-9-16(17(12-13)25(27)28)24-10-2-1-3-11-24/h4-9,12H,1-3,10-11H2,(H,23,26). The first kappa shape index (κ1) is 20.4. The van der Waals surface area contributed by atoms with Gasteiger partial charge in [0.15, 0.2) is 0 Å². The molecule has 0 bridgehead atoms. The number of hydrogen-bond acceptors (Lipinski definition) is 5. The molecule has 29 heavy (non-hydrogen) atoms. The zero-order valence-corrected chi connectivity index (χ0v) is 15.2. The van der Waals surface area contributed by atoms with Gasteiger partial charge in [0, 0.05) is 30.4 Å². The van der Waals surface area contributed by atoms with Crippen LogP contribution in [0.3, 0.4) is 0 Å². The van der Waals surface area contributed by atoms with Gasteiger partial charge in [0.1, 0.15) is 11.4 Å². The molecule has 1 fully saturated rings. The Balaban J connectivity index is 1.75. The van der Waals surface area contributed by atoms with Gasteiger partial charge in [0.25, 0.3) is 11.6 Å². The van der Waals surface area contributed by atoms with Crippen LogP contribution in [0.4, 0.5) is 30.2 Å². The molecule has 0 radical (unpaired) electrons. The van der Waals surface area contributed by atoms with Crippen LogP contribution in [0.5, 0.6) is 5.75 Å². The van der Waals surface area contributed by atoms with Gasteiger partial charge in [-0.25, -0.2) is 0 Å². The van der Waals surface area contributed by atoms with Crippen molar-refractivity contribution in [3.8, 4) is 5.75 Å². The number of nitro benzene ring substituents is 1. The van der Waals surface area contributed by atoms with Crippen LogP contribution in [0.15, 0.2) is 42.5 Å². The maximum Gasteiger partial charge on any atom is 0.573 e. The molecule has 154 valence electrons. The smallest absolute Gasteiger partial charge is 0.406 e. The Morgan fingerprint density at radius 2 is 1.72 bits per heavy atom. The molecule has 1 amide bonds. The molecule has 1 saturated heterocycles. The number of ether oxygens (including phenoxy) is 1. The van der Waals surface area contributed by atoms with Crippen LogP contribution in [0, 0.1) is 10.1 Å². The Morgan fingerprint density at radius 1 is 1.07 bits per heavy atom. The molecule has 1 heterocycles. The molecule has 0 aromatic heterocycles. The number of halogens is 3. The van der Waals surface area contributed by atoms with Gasteiger partial charge in [-0.2, -0.15) is 0 Å². The minimum absolute atomic E-state index is 0.0769. The third-order valence-corrected chi connectivity index (χ3v) is 4.48. The van der Waals surface area contributed by atoms with E-state index in [1.165, 1.54) is 24.3 Å². The van der Waals surface area contributed by atoms with Crippen molar-refractivity contribution < 1.29 is 27.6 Å². The molecule has 3 rings (SSSR count). The van der Waals surface area contributed by atoms with Crippen LogP contribution < -0.4 is 15.0 Å². The highest BCUT2D eigenvalue weighted by Crippen LogP contribution is 2.31. The van der Waals surface area contributed by atoms with E-state index in [4.69, 9.17) is 0 Å². The predicted octanol–water partition coefficient (Wildman–Crippen LogP) is 4.74. The summed E-state index contributed by atoms with van der Waals surface area (Å²) in [5, 5.41) is 14.0. The Kier molecular flexibility index (Phi) is 5.90. The van der Waals surface area contributed by atoms with Crippen molar-refractivity contribution in [3.05, 3.63) is 58.1 Å². The lowest BCUT2D eigenvalue weighted by atomic mass is 10.1.